The van der Waals surface area contributed by atoms with Crippen LogP contribution in [0.4, 0.5) is 0 Å². The molecular weight excluding hydrogens is 384 g/mol. The van der Waals surface area contributed by atoms with Gasteiger partial charge in [-0.2, -0.15) is 4.67 Å². The van der Waals surface area contributed by atoms with Crippen molar-refractivity contribution in [3.05, 3.63) is 0 Å². The van der Waals surface area contributed by atoms with Gasteiger partial charge < -0.3 is 31.7 Å². The van der Waals surface area contributed by atoms with E-state index in [1.165, 1.54) is 49.6 Å². The Morgan fingerprint density at radius 2 is 1.42 bits per heavy atom. The number of aliphatic carboxylic acids is 1. The molecule has 0 saturated heterocycles. The first-order valence-corrected chi connectivity index (χ1v) is 11.4. The number of ketones is 1. The second-order valence-corrected chi connectivity index (χ2v) is 11.0. The van der Waals surface area contributed by atoms with Gasteiger partial charge >= 0.3 is 23.7 Å². The van der Waals surface area contributed by atoms with Crippen LogP contribution in [0.2, 0.25) is 6.04 Å². The Bertz CT molecular complexity index is 417. The van der Waals surface area contributed by atoms with Gasteiger partial charge in [0.2, 0.25) is 0 Å². The van der Waals surface area contributed by atoms with Gasteiger partial charge in [-0.3, -0.25) is 15.0 Å². The molecule has 1 atom stereocenters. The van der Waals surface area contributed by atoms with E-state index in [-0.39, 0.29) is 6.54 Å². The lowest BCUT2D eigenvalue weighted by Crippen LogP contribution is -2.70. The van der Waals surface area contributed by atoms with Crippen molar-refractivity contribution in [2.75, 3.05) is 49.2 Å². The largest absolute Gasteiger partial charge is 0.614 e. The van der Waals surface area contributed by atoms with Gasteiger partial charge in [0.1, 0.15) is 0 Å². The Morgan fingerprint density at radius 3 is 1.73 bits per heavy atom. The zero-order valence-electron chi connectivity index (χ0n) is 16.4. The Labute approximate surface area is 156 Å². The van der Waals surface area contributed by atoms with Crippen molar-refractivity contribution in [1.82, 2.24) is 10.1 Å². The summed E-state index contributed by atoms with van der Waals surface area (Å²) >= 11 is 0. The molecule has 0 aromatic carbocycles. The molecule has 154 valence electrons. The lowest BCUT2D eigenvalue weighted by atomic mass is 10.2. The van der Waals surface area contributed by atoms with Crippen LogP contribution in [0.25, 0.3) is 0 Å². The maximum Gasteiger partial charge on any atom is 0.614 e. The van der Waals surface area contributed by atoms with Crippen LogP contribution >= 0.6 is 0 Å². The molecule has 11 nitrogen and oxygen atoms in total. The molecule has 0 amide bonds. The van der Waals surface area contributed by atoms with Crippen molar-refractivity contribution >= 4 is 29.5 Å². The second kappa shape index (κ2) is 11.9. The summed E-state index contributed by atoms with van der Waals surface area (Å²) in [6.45, 7) is 1.46. The van der Waals surface area contributed by atoms with E-state index in [4.69, 9.17) is 26.6 Å². The number of hydrogen-bond donors (Lipinski definition) is 2. The SMILES string of the molecule is CO[Si](CCCNN(C(C(C)=O)C(=O)O)[Si](OC)(OC)OC)(OC)OC. The quantitative estimate of drug-likeness (QED) is 0.156. The van der Waals surface area contributed by atoms with Gasteiger partial charge in [-0.1, -0.05) is 0 Å². The van der Waals surface area contributed by atoms with Gasteiger partial charge in [0.05, 0.1) is 0 Å². The number of hydrazine groups is 1. The summed E-state index contributed by atoms with van der Waals surface area (Å²) in [4.78, 5) is 23.5. The van der Waals surface area contributed by atoms with Crippen molar-refractivity contribution in [3.8, 4) is 0 Å². The standard InChI is InChI=1S/C13H30N2O9Si2/c1-11(16)12(13(17)18)15(26(22-5,23-6)24-7)14-9-8-10-25(19-2,20-3)21-4/h12,14H,8-10H2,1-7H3,(H,17,18). The van der Waals surface area contributed by atoms with Crippen molar-refractivity contribution < 1.29 is 41.3 Å². The second-order valence-electron chi connectivity index (χ2n) is 5.16. The number of rotatable bonds is 15. The van der Waals surface area contributed by atoms with Gasteiger partial charge in [-0.25, -0.2) is 0 Å². The fourth-order valence-corrected chi connectivity index (χ4v) is 6.14. The minimum Gasteiger partial charge on any atom is -0.480 e. The normalized spacial score (nSPS) is 13.8. The van der Waals surface area contributed by atoms with Crippen LogP contribution in [0.15, 0.2) is 0 Å². The Kier molecular flexibility index (Phi) is 11.5. The van der Waals surface area contributed by atoms with Crippen LogP contribution < -0.4 is 5.43 Å². The molecule has 0 rings (SSSR count). The molecule has 26 heavy (non-hydrogen) atoms. The van der Waals surface area contributed by atoms with Crippen LogP contribution in [0.3, 0.4) is 0 Å². The van der Waals surface area contributed by atoms with E-state index in [0.29, 0.717) is 12.5 Å². The molecular formula is C13H30N2O9Si2. The molecule has 0 radical (unpaired) electrons. The average molecular weight is 415 g/mol. The minimum atomic E-state index is -3.62. The molecule has 0 aliphatic rings. The number of carbonyl (C=O) groups is 2. The monoisotopic (exact) mass is 414 g/mol. The van der Waals surface area contributed by atoms with Crippen molar-refractivity contribution in [1.29, 1.82) is 0 Å². The predicted molar refractivity (Wildman–Crippen MR) is 94.9 cm³/mol. The first-order chi connectivity index (χ1) is 12.2. The molecule has 0 aliphatic heterocycles. The van der Waals surface area contributed by atoms with Crippen molar-refractivity contribution in [2.24, 2.45) is 0 Å². The molecule has 0 heterocycles. The van der Waals surface area contributed by atoms with Crippen molar-refractivity contribution in [2.45, 2.75) is 25.4 Å². The fraction of sp³-hybridized carbons (Fsp3) is 0.846. The average Bonchev–Trinajstić information content (AvgIpc) is 2.63. The minimum absolute atomic E-state index is 0.284. The van der Waals surface area contributed by atoms with Crippen LogP contribution in [-0.4, -0.2) is 94.5 Å². The summed E-state index contributed by atoms with van der Waals surface area (Å²) in [7, 11) is 2.13. The number of nitrogens with zero attached hydrogens (tertiary/aromatic N) is 1. The summed E-state index contributed by atoms with van der Waals surface area (Å²) in [6, 6.07) is -1.05. The van der Waals surface area contributed by atoms with Gasteiger partial charge in [0.15, 0.2) is 11.8 Å². The third-order valence-electron chi connectivity index (χ3n) is 3.82. The molecule has 0 fully saturated rings. The third-order valence-corrected chi connectivity index (χ3v) is 9.21. The fourth-order valence-electron chi connectivity index (χ4n) is 2.42. The molecule has 0 aromatic rings. The van der Waals surface area contributed by atoms with Gasteiger partial charge in [0.25, 0.3) is 0 Å². The Balaban J connectivity index is 5.32. The molecule has 2 N–H and O–H groups in total. The Hall–Kier alpha value is -0.746. The molecule has 1 unspecified atom stereocenters. The Morgan fingerprint density at radius 1 is 0.962 bits per heavy atom. The zero-order valence-corrected chi connectivity index (χ0v) is 18.4. The van der Waals surface area contributed by atoms with E-state index in [2.05, 4.69) is 5.43 Å². The number of hydrogen-bond acceptors (Lipinski definition) is 10. The number of Topliss-reactive ketones (excluding diaryl/α,β-unsaturated/α-hetero) is 1. The topological polar surface area (TPSA) is 125 Å². The molecule has 0 saturated carbocycles. The molecule has 0 aliphatic carbocycles. The van der Waals surface area contributed by atoms with E-state index >= 15 is 0 Å². The van der Waals surface area contributed by atoms with Crippen LogP contribution in [0.5, 0.6) is 0 Å². The lowest BCUT2D eigenvalue weighted by molar-refractivity contribution is -0.149. The van der Waals surface area contributed by atoms with Crippen LogP contribution in [0, 0.1) is 0 Å². The van der Waals surface area contributed by atoms with E-state index < -0.39 is 35.6 Å². The number of nitrogens with one attached hydrogen (secondary N) is 1. The highest BCUT2D eigenvalue weighted by Gasteiger charge is 2.53. The maximum atomic E-state index is 11.9. The summed E-state index contributed by atoms with van der Waals surface area (Å²) in [5.41, 5.74) is 2.90. The summed E-state index contributed by atoms with van der Waals surface area (Å²) in [5, 5.41) is 9.46. The summed E-state index contributed by atoms with van der Waals surface area (Å²) in [6.07, 6.45) is 0.518. The number of carboxylic acid groups (broad SMARTS) is 1. The summed E-state index contributed by atoms with van der Waals surface area (Å²) < 4.78 is 33.1. The van der Waals surface area contributed by atoms with E-state index in [0.717, 1.165) is 4.67 Å². The van der Waals surface area contributed by atoms with Gasteiger partial charge in [0, 0.05) is 55.2 Å². The van der Waals surface area contributed by atoms with Gasteiger partial charge in [-0.05, 0) is 13.3 Å². The zero-order chi connectivity index (χ0) is 20.4. The molecule has 0 aromatic heterocycles. The van der Waals surface area contributed by atoms with Crippen LogP contribution in [-0.2, 0) is 36.1 Å². The van der Waals surface area contributed by atoms with E-state index in [9.17, 15) is 14.7 Å². The van der Waals surface area contributed by atoms with Crippen LogP contribution in [0.1, 0.15) is 13.3 Å². The number of carboxylic acids is 1. The third kappa shape index (κ3) is 6.16. The van der Waals surface area contributed by atoms with E-state index in [1.54, 1.807) is 0 Å². The van der Waals surface area contributed by atoms with E-state index in [1.807, 2.05) is 0 Å². The smallest absolute Gasteiger partial charge is 0.480 e. The maximum absolute atomic E-state index is 11.9. The predicted octanol–water partition coefficient (Wildman–Crippen LogP) is -0.522. The lowest BCUT2D eigenvalue weighted by Gasteiger charge is -2.38. The molecule has 0 bridgehead atoms. The first-order valence-electron chi connectivity index (χ1n) is 7.80. The highest BCUT2D eigenvalue weighted by Crippen LogP contribution is 2.17. The van der Waals surface area contributed by atoms with Gasteiger partial charge in [-0.15, -0.1) is 0 Å². The highest BCUT2D eigenvalue weighted by atomic mass is 28.4. The molecule has 0 spiro atoms. The first kappa shape index (κ1) is 25.3. The number of carbonyl (C=O) groups excluding carboxylic acids is 1. The van der Waals surface area contributed by atoms with Crippen molar-refractivity contribution in [3.63, 3.8) is 0 Å². The highest BCUT2D eigenvalue weighted by molar-refractivity contribution is 6.60. The molecule has 13 heteroatoms. The summed E-state index contributed by atoms with van der Waals surface area (Å²) in [5.74, 6) is -1.94.